The molecule has 0 saturated heterocycles. The van der Waals surface area contributed by atoms with E-state index in [1.165, 1.54) is 0 Å². The summed E-state index contributed by atoms with van der Waals surface area (Å²) < 4.78 is 7.08. The van der Waals surface area contributed by atoms with Crippen molar-refractivity contribution in [3.05, 3.63) is 168 Å². The molecule has 3 nitrogen and oxygen atoms in total. The second-order valence-corrected chi connectivity index (χ2v) is 10.8. The summed E-state index contributed by atoms with van der Waals surface area (Å²) >= 11 is 0. The molecule has 0 radical (unpaired) electrons. The van der Waals surface area contributed by atoms with Gasteiger partial charge < -0.3 is 14.5 Å². The van der Waals surface area contributed by atoms with E-state index in [1.807, 2.05) is 0 Å². The maximum absolute atomic E-state index is 7.08. The molecular formula is C39H32N2O. The van der Waals surface area contributed by atoms with Gasteiger partial charge in [-0.25, -0.2) is 0 Å². The minimum absolute atomic E-state index is 0.750. The Labute approximate surface area is 247 Å². The van der Waals surface area contributed by atoms with Crippen molar-refractivity contribution in [2.75, 3.05) is 23.9 Å². The van der Waals surface area contributed by atoms with Gasteiger partial charge in [-0.05, 0) is 71.5 Å². The van der Waals surface area contributed by atoms with E-state index < -0.39 is 5.60 Å². The van der Waals surface area contributed by atoms with Crippen molar-refractivity contribution in [1.29, 1.82) is 0 Å². The van der Waals surface area contributed by atoms with E-state index in [9.17, 15) is 0 Å². The van der Waals surface area contributed by atoms with Gasteiger partial charge in [0.05, 0.1) is 0 Å². The Bertz CT molecular complexity index is 1840. The highest BCUT2D eigenvalue weighted by atomic mass is 16.5. The molecule has 1 unspecified atom stereocenters. The first-order valence-electron chi connectivity index (χ1n) is 14.3. The number of hydrogen-bond donors (Lipinski definition) is 0. The first-order valence-corrected chi connectivity index (χ1v) is 14.3. The quantitative estimate of drug-likeness (QED) is 0.208. The van der Waals surface area contributed by atoms with Crippen LogP contribution in [0, 0.1) is 0 Å². The molecule has 1 aliphatic heterocycles. The largest absolute Gasteiger partial charge is 0.473 e. The lowest BCUT2D eigenvalue weighted by molar-refractivity contribution is 0.162. The molecule has 0 bridgehead atoms. The summed E-state index contributed by atoms with van der Waals surface area (Å²) in [6.07, 6.45) is 4.47. The SMILES string of the molecule is CN(C)c1ccccc1C1(c2ccccc2)C=Cc2c(ccc3cc(N(c4ccccc4)c4ccccc4)ccc23)O1. The van der Waals surface area contributed by atoms with Gasteiger partial charge in [0, 0.05) is 53.5 Å². The third-order valence-corrected chi connectivity index (χ3v) is 8.04. The Morgan fingerprint density at radius 2 is 1.19 bits per heavy atom. The van der Waals surface area contributed by atoms with Crippen molar-refractivity contribution in [2.24, 2.45) is 0 Å². The monoisotopic (exact) mass is 544 g/mol. The fourth-order valence-electron chi connectivity index (χ4n) is 6.05. The predicted molar refractivity (Wildman–Crippen MR) is 176 cm³/mol. The van der Waals surface area contributed by atoms with Crippen molar-refractivity contribution >= 4 is 39.6 Å². The number of nitrogens with zero attached hydrogens (tertiary/aromatic N) is 2. The van der Waals surface area contributed by atoms with E-state index in [0.717, 1.165) is 56.0 Å². The highest BCUT2D eigenvalue weighted by Crippen LogP contribution is 2.47. The maximum Gasteiger partial charge on any atom is 0.180 e. The van der Waals surface area contributed by atoms with Gasteiger partial charge in [0.15, 0.2) is 5.60 Å². The van der Waals surface area contributed by atoms with Crippen LogP contribution >= 0.6 is 0 Å². The van der Waals surface area contributed by atoms with E-state index in [2.05, 4.69) is 182 Å². The van der Waals surface area contributed by atoms with Crippen molar-refractivity contribution in [1.82, 2.24) is 0 Å². The van der Waals surface area contributed by atoms with E-state index in [-0.39, 0.29) is 0 Å². The maximum atomic E-state index is 7.08. The van der Waals surface area contributed by atoms with Crippen LogP contribution in [0.4, 0.5) is 22.7 Å². The van der Waals surface area contributed by atoms with Crippen molar-refractivity contribution in [3.63, 3.8) is 0 Å². The lowest BCUT2D eigenvalue weighted by Crippen LogP contribution is -2.35. The summed E-state index contributed by atoms with van der Waals surface area (Å²) in [6, 6.07) is 51.0. The molecule has 6 aromatic rings. The van der Waals surface area contributed by atoms with Crippen LogP contribution < -0.4 is 14.5 Å². The van der Waals surface area contributed by atoms with Gasteiger partial charge in [0.1, 0.15) is 5.75 Å². The Morgan fingerprint density at radius 3 is 1.86 bits per heavy atom. The third kappa shape index (κ3) is 4.40. The molecule has 1 heterocycles. The first kappa shape index (κ1) is 25.7. The van der Waals surface area contributed by atoms with Gasteiger partial charge in [-0.2, -0.15) is 0 Å². The molecule has 7 rings (SSSR count). The van der Waals surface area contributed by atoms with Crippen LogP contribution in [0.25, 0.3) is 16.8 Å². The van der Waals surface area contributed by atoms with Crippen LogP contribution in [0.15, 0.2) is 152 Å². The number of rotatable bonds is 6. The Morgan fingerprint density at radius 1 is 0.571 bits per heavy atom. The lowest BCUT2D eigenvalue weighted by Gasteiger charge is -2.38. The minimum Gasteiger partial charge on any atom is -0.473 e. The van der Waals surface area contributed by atoms with Gasteiger partial charge in [-0.1, -0.05) is 97.1 Å². The van der Waals surface area contributed by atoms with Gasteiger partial charge in [-0.15, -0.1) is 0 Å². The van der Waals surface area contributed by atoms with E-state index in [0.29, 0.717) is 0 Å². The van der Waals surface area contributed by atoms with E-state index in [4.69, 9.17) is 4.74 Å². The summed E-state index contributed by atoms with van der Waals surface area (Å²) in [5.41, 5.74) is 7.03. The molecule has 42 heavy (non-hydrogen) atoms. The summed E-state index contributed by atoms with van der Waals surface area (Å²) in [5, 5.41) is 2.33. The number of fused-ring (bicyclic) bond motifs is 3. The predicted octanol–water partition coefficient (Wildman–Crippen LogP) is 9.72. The fourth-order valence-corrected chi connectivity index (χ4v) is 6.05. The standard InChI is InChI=1S/C39H32N2O/c1-40(2)37-21-13-12-20-36(37)39(30-14-6-3-7-15-30)27-26-35-34-24-23-33(28-29(34)22-25-38(35)42-39)41(31-16-8-4-9-17-31)32-18-10-5-11-19-32/h3-28H,1-2H3. The normalized spacial score (nSPS) is 15.6. The molecule has 204 valence electrons. The third-order valence-electron chi connectivity index (χ3n) is 8.04. The van der Waals surface area contributed by atoms with Crippen LogP contribution in [0.2, 0.25) is 0 Å². The van der Waals surface area contributed by atoms with Crippen molar-refractivity contribution in [3.8, 4) is 5.75 Å². The van der Waals surface area contributed by atoms with Gasteiger partial charge in [-0.3, -0.25) is 0 Å². The number of hydrogen-bond acceptors (Lipinski definition) is 3. The first-order chi connectivity index (χ1) is 20.6. The zero-order chi connectivity index (χ0) is 28.5. The van der Waals surface area contributed by atoms with Crippen LogP contribution in [-0.4, -0.2) is 14.1 Å². The molecule has 3 heteroatoms. The Kier molecular flexibility index (Phi) is 6.48. The van der Waals surface area contributed by atoms with Crippen LogP contribution in [-0.2, 0) is 5.60 Å². The molecule has 6 aromatic carbocycles. The smallest absolute Gasteiger partial charge is 0.180 e. The summed E-state index contributed by atoms with van der Waals surface area (Å²) in [7, 11) is 4.16. The number of anilines is 4. The molecular weight excluding hydrogens is 512 g/mol. The highest BCUT2D eigenvalue weighted by Gasteiger charge is 2.39. The van der Waals surface area contributed by atoms with Crippen molar-refractivity contribution in [2.45, 2.75) is 5.60 Å². The molecule has 0 saturated carbocycles. The van der Waals surface area contributed by atoms with Crippen LogP contribution in [0.5, 0.6) is 5.75 Å². The lowest BCUT2D eigenvalue weighted by atomic mass is 9.82. The second kappa shape index (κ2) is 10.6. The van der Waals surface area contributed by atoms with Gasteiger partial charge in [0.25, 0.3) is 0 Å². The average molecular weight is 545 g/mol. The number of ether oxygens (including phenoxy) is 1. The molecule has 0 N–H and O–H groups in total. The molecule has 0 aliphatic carbocycles. The van der Waals surface area contributed by atoms with Gasteiger partial charge >= 0.3 is 0 Å². The molecule has 0 amide bonds. The summed E-state index contributed by atoms with van der Waals surface area (Å²) in [5.74, 6) is 0.873. The van der Waals surface area contributed by atoms with Crippen LogP contribution in [0.3, 0.4) is 0 Å². The number of para-hydroxylation sites is 3. The minimum atomic E-state index is -0.750. The molecule has 1 atom stereocenters. The fraction of sp³-hybridized carbons (Fsp3) is 0.0769. The topological polar surface area (TPSA) is 15.7 Å². The molecule has 0 aromatic heterocycles. The number of benzene rings is 6. The molecule has 1 aliphatic rings. The van der Waals surface area contributed by atoms with E-state index >= 15 is 0 Å². The zero-order valence-corrected chi connectivity index (χ0v) is 23.8. The highest BCUT2D eigenvalue weighted by molar-refractivity contribution is 5.97. The molecule has 0 spiro atoms. The summed E-state index contributed by atoms with van der Waals surface area (Å²) in [4.78, 5) is 4.45. The van der Waals surface area contributed by atoms with Crippen molar-refractivity contribution < 1.29 is 4.74 Å². The Balaban J connectivity index is 1.36. The van der Waals surface area contributed by atoms with Crippen LogP contribution in [0.1, 0.15) is 16.7 Å². The molecule has 0 fully saturated rings. The average Bonchev–Trinajstić information content (AvgIpc) is 3.06. The van der Waals surface area contributed by atoms with Gasteiger partial charge in [0.2, 0.25) is 0 Å². The summed E-state index contributed by atoms with van der Waals surface area (Å²) in [6.45, 7) is 0. The van der Waals surface area contributed by atoms with E-state index in [1.54, 1.807) is 0 Å². The zero-order valence-electron chi connectivity index (χ0n) is 23.8. The Hall–Kier alpha value is -5.28. The second-order valence-electron chi connectivity index (χ2n) is 10.8.